The molecular weight excluding hydrogens is 1080 g/mol. The van der Waals surface area contributed by atoms with Crippen molar-refractivity contribution in [1.29, 1.82) is 0 Å². The second kappa shape index (κ2) is 24.8. The van der Waals surface area contributed by atoms with Crippen molar-refractivity contribution in [2.75, 3.05) is 19.6 Å². The molecule has 0 aromatic heterocycles. The van der Waals surface area contributed by atoms with Crippen molar-refractivity contribution in [2.24, 2.45) is 23.5 Å². The molecule has 0 radical (unpaired) electrons. The van der Waals surface area contributed by atoms with E-state index in [0.29, 0.717) is 73.7 Å². The Morgan fingerprint density at radius 3 is 2.33 bits per heavy atom. The number of amides is 8. The van der Waals surface area contributed by atoms with E-state index in [1.165, 1.54) is 34.1 Å². The van der Waals surface area contributed by atoms with Gasteiger partial charge in [-0.2, -0.15) is 8.78 Å². The van der Waals surface area contributed by atoms with Crippen molar-refractivity contribution in [3.05, 3.63) is 118 Å². The number of carbonyl (C=O) groups excluding carboxylic acids is 9. The van der Waals surface area contributed by atoms with Crippen LogP contribution in [0.25, 0.3) is 10.8 Å². The van der Waals surface area contributed by atoms with Crippen molar-refractivity contribution in [3.8, 4) is 11.8 Å². The highest BCUT2D eigenvalue weighted by molar-refractivity contribution is 7.52. The minimum Gasteiger partial charge on any atom is -0.370 e. The Hall–Kier alpha value is -7.66. The van der Waals surface area contributed by atoms with Gasteiger partial charge in [0.15, 0.2) is 5.78 Å². The van der Waals surface area contributed by atoms with E-state index in [2.05, 4.69) is 27.8 Å². The lowest BCUT2D eigenvalue weighted by Crippen LogP contribution is -2.56. The number of hydrogen-bond acceptors (Lipinski definition) is 10. The summed E-state index contributed by atoms with van der Waals surface area (Å²) in [5.74, 6) is 1.05. The molecule has 5 aliphatic rings. The first-order valence-electron chi connectivity index (χ1n) is 27.9. The first kappa shape index (κ1) is 59.0. The molecule has 9 rings (SSSR count). The second-order valence-corrected chi connectivity index (χ2v) is 23.8. The number of halogens is 2. The maximum Gasteiger partial charge on any atom is 0.399 e. The van der Waals surface area contributed by atoms with Gasteiger partial charge < -0.3 is 40.9 Å². The predicted octanol–water partition coefficient (Wildman–Crippen LogP) is 5.53. The van der Waals surface area contributed by atoms with Crippen molar-refractivity contribution >= 4 is 71.4 Å². The number of Topliss-reactive ketones (excluding diaryl/α,β-unsaturated/α-hetero) is 1. The number of fused-ring (bicyclic) bond motifs is 3. The number of likely N-dealkylation sites (tertiary alicyclic amines) is 2. The molecule has 7 atom stereocenters. The number of nitrogens with zero attached hydrogens (tertiary/aromatic N) is 3. The van der Waals surface area contributed by atoms with Gasteiger partial charge in [0.1, 0.15) is 18.1 Å². The Morgan fingerprint density at radius 2 is 1.62 bits per heavy atom. The van der Waals surface area contributed by atoms with Gasteiger partial charge in [0.05, 0.1) is 12.0 Å². The molecule has 8 amide bonds. The van der Waals surface area contributed by atoms with E-state index in [4.69, 9.17) is 5.73 Å². The fraction of sp³-hybridized carbons (Fsp3) is 0.450. The second-order valence-electron chi connectivity index (χ2n) is 22.2. The van der Waals surface area contributed by atoms with Crippen LogP contribution in [0.15, 0.2) is 84.9 Å². The van der Waals surface area contributed by atoms with Crippen LogP contribution in [0.4, 0.5) is 8.78 Å². The van der Waals surface area contributed by atoms with Crippen molar-refractivity contribution in [1.82, 2.24) is 30.7 Å². The molecule has 1 aliphatic carbocycles. The summed E-state index contributed by atoms with van der Waals surface area (Å²) in [6.45, 7) is 3.18. The Balaban J connectivity index is 0.832. The maximum absolute atomic E-state index is 14.6. The van der Waals surface area contributed by atoms with Crippen LogP contribution >= 0.6 is 7.60 Å². The average Bonchev–Trinajstić information content (AvgIpc) is 4.03. The lowest BCUT2D eigenvalue weighted by Gasteiger charge is -2.34. The molecule has 7 N–H and O–H groups in total. The molecule has 19 nitrogen and oxygen atoms in total. The van der Waals surface area contributed by atoms with E-state index in [1.807, 2.05) is 13.0 Å². The molecule has 22 heteroatoms. The number of ketones is 1. The van der Waals surface area contributed by atoms with Crippen molar-refractivity contribution in [2.45, 2.75) is 133 Å². The highest BCUT2D eigenvalue weighted by Crippen LogP contribution is 2.59. The average molecular weight is 1150 g/mol. The van der Waals surface area contributed by atoms with Crippen molar-refractivity contribution in [3.63, 3.8) is 0 Å². The molecule has 82 heavy (non-hydrogen) atoms. The van der Waals surface area contributed by atoms with Gasteiger partial charge in [-0.25, -0.2) is 0 Å². The Bertz CT molecular complexity index is 3320. The topological polar surface area (TPSA) is 283 Å². The minimum absolute atomic E-state index is 0.0138. The lowest BCUT2D eigenvalue weighted by atomic mass is 9.87. The number of rotatable bonds is 21. The van der Waals surface area contributed by atoms with Crippen LogP contribution in [0.2, 0.25) is 0 Å². The molecule has 432 valence electrons. The monoisotopic (exact) mass is 1150 g/mol. The molecule has 4 aromatic carbocycles. The maximum atomic E-state index is 14.6. The first-order valence-corrected chi connectivity index (χ1v) is 29.5. The zero-order valence-electron chi connectivity index (χ0n) is 45.3. The van der Waals surface area contributed by atoms with Gasteiger partial charge in [-0.3, -0.25) is 53.0 Å². The Labute approximate surface area is 472 Å². The number of piperidine rings is 3. The summed E-state index contributed by atoms with van der Waals surface area (Å²) in [7, 11) is -5.88. The van der Waals surface area contributed by atoms with Crippen LogP contribution in [0, 0.1) is 29.6 Å². The zero-order chi connectivity index (χ0) is 58.6. The fourth-order valence-corrected chi connectivity index (χ4v) is 12.4. The molecule has 1 unspecified atom stereocenters. The normalized spacial score (nSPS) is 20.9. The smallest absolute Gasteiger partial charge is 0.370 e. The highest BCUT2D eigenvalue weighted by atomic mass is 31.2. The van der Waals surface area contributed by atoms with Gasteiger partial charge in [-0.15, -0.1) is 0 Å². The van der Waals surface area contributed by atoms with E-state index in [9.17, 15) is 66.3 Å². The Kier molecular flexibility index (Phi) is 17.9. The summed E-state index contributed by atoms with van der Waals surface area (Å²) in [5.41, 5.74) is 2.66. The number of nitrogens with two attached hydrogens (primary N) is 1. The van der Waals surface area contributed by atoms with Gasteiger partial charge in [-0.05, 0) is 115 Å². The number of hydrogen-bond donors (Lipinski definition) is 6. The van der Waals surface area contributed by atoms with Crippen LogP contribution in [0.1, 0.15) is 139 Å². The molecule has 4 fully saturated rings. The highest BCUT2D eigenvalue weighted by Gasteiger charge is 2.58. The zero-order valence-corrected chi connectivity index (χ0v) is 46.2. The summed E-state index contributed by atoms with van der Waals surface area (Å²) >= 11 is 0. The number of alkyl halides is 2. The largest absolute Gasteiger partial charge is 0.399 e. The molecule has 4 aromatic rings. The molecule has 4 heterocycles. The van der Waals surface area contributed by atoms with E-state index >= 15 is 0 Å². The summed E-state index contributed by atoms with van der Waals surface area (Å²) in [5, 5.41) is 8.43. The van der Waals surface area contributed by atoms with Crippen LogP contribution < -0.4 is 21.7 Å². The van der Waals surface area contributed by atoms with Crippen LogP contribution in [-0.2, 0) is 50.3 Å². The number of benzene rings is 4. The summed E-state index contributed by atoms with van der Waals surface area (Å²) < 4.78 is 40.9. The third-order valence-electron chi connectivity index (χ3n) is 16.7. The standard InChI is InChI=1S/C60H66F2N7O12P/c1-2-3-16-48(65-54(73)39-18-17-36-19-20-42(30-40(36)29-39)60(61,62)82(79,80)81)59(78)69-33-41-31-44(41)53(69)56(75)64-47(21-23-51(63)71)50(70)32-45(37-11-5-4-6-12-37)57(76)67-27-25-35(26-28-67)10-7-8-13-38-14-9-15-43-46(38)34-68(58(43)77)49-22-24-52(72)66-55(49)74/h4-6,9,11-12,14-15,17-20,29-30,35,41,44-45,47-49,53H,2-3,7,10,16,21-28,31-34H2,1H3,(H2,63,71)(H,64,75)(H,65,73)(H,66,72,74)(H2,79,80,81)/t41-,44-,45-,47-,48-,49?,53-/m0/s1. The molecule has 0 bridgehead atoms. The van der Waals surface area contributed by atoms with Crippen LogP contribution in [0.5, 0.6) is 0 Å². The molecule has 3 saturated heterocycles. The van der Waals surface area contributed by atoms with Gasteiger partial charge in [0.2, 0.25) is 35.4 Å². The van der Waals surface area contributed by atoms with E-state index in [1.54, 1.807) is 47.4 Å². The predicted molar refractivity (Wildman–Crippen MR) is 295 cm³/mol. The van der Waals surface area contributed by atoms with Crippen LogP contribution in [0.3, 0.4) is 0 Å². The van der Waals surface area contributed by atoms with Crippen LogP contribution in [-0.4, -0.2) is 121 Å². The van der Waals surface area contributed by atoms with E-state index in [-0.39, 0.29) is 98.0 Å². The summed E-state index contributed by atoms with van der Waals surface area (Å²) in [4.78, 5) is 145. The summed E-state index contributed by atoms with van der Waals surface area (Å²) in [6.07, 6.45) is 4.36. The van der Waals surface area contributed by atoms with E-state index < -0.39 is 84.2 Å². The van der Waals surface area contributed by atoms with Gasteiger partial charge >= 0.3 is 13.3 Å². The van der Waals surface area contributed by atoms with Gasteiger partial charge in [-0.1, -0.05) is 86.2 Å². The number of carbonyl (C=O) groups is 9. The number of primary amides is 1. The molecule has 0 spiro atoms. The minimum atomic E-state index is -5.88. The van der Waals surface area contributed by atoms with Crippen molar-refractivity contribution < 1.29 is 66.3 Å². The quantitative estimate of drug-likeness (QED) is 0.0342. The number of unbranched alkanes of at least 4 members (excludes halogenated alkanes) is 1. The SMILES string of the molecule is CCCC[C@H](NC(=O)c1ccc2ccc(C(F)(F)P(=O)(O)O)cc2c1)C(=O)N1C[C@@H]2C[C@@H]2[C@H]1C(=O)N[C@@H](CCC(N)=O)C(=O)C[C@H](C(=O)N1CCC(CCC#Cc2cccc3c2CN(C2CCC(=O)NC2=O)C3=O)CC1)c1ccccc1. The van der Waals surface area contributed by atoms with E-state index in [0.717, 1.165) is 24.1 Å². The van der Waals surface area contributed by atoms with Gasteiger partial charge in [0.25, 0.3) is 11.8 Å². The third kappa shape index (κ3) is 13.0. The number of nitrogens with one attached hydrogen (secondary N) is 3. The molecular formula is C60H66F2N7O12P. The lowest BCUT2D eigenvalue weighted by molar-refractivity contribution is -0.142. The third-order valence-corrected chi connectivity index (χ3v) is 17.7. The fourth-order valence-electron chi connectivity index (χ4n) is 11.9. The van der Waals surface area contributed by atoms with Gasteiger partial charge in [0, 0.05) is 74.1 Å². The first-order chi connectivity index (χ1) is 39.1. The summed E-state index contributed by atoms with van der Waals surface area (Å²) in [6, 6.07) is 17.3. The molecule has 1 saturated carbocycles. The molecule has 4 aliphatic heterocycles. The number of imide groups is 1. The Morgan fingerprint density at radius 1 is 0.878 bits per heavy atom.